The Labute approximate surface area is 77.3 Å². The monoisotopic (exact) mass is 179 g/mol. The summed E-state index contributed by atoms with van der Waals surface area (Å²) < 4.78 is 5.25. The zero-order valence-electron chi connectivity index (χ0n) is 7.58. The van der Waals surface area contributed by atoms with Gasteiger partial charge in [-0.15, -0.1) is 0 Å². The molecule has 2 rings (SSSR count). The normalized spacial score (nSPS) is 21.2. The van der Waals surface area contributed by atoms with Crippen molar-refractivity contribution in [1.29, 1.82) is 0 Å². The SMILES string of the molecule is COC1NCCc2ccc(O)cc21. The summed E-state index contributed by atoms with van der Waals surface area (Å²) in [5.41, 5.74) is 2.30. The molecule has 0 bridgehead atoms. The van der Waals surface area contributed by atoms with E-state index in [0.29, 0.717) is 5.75 Å². The van der Waals surface area contributed by atoms with Crippen molar-refractivity contribution in [2.24, 2.45) is 0 Å². The minimum Gasteiger partial charge on any atom is -0.508 e. The number of ether oxygens (including phenoxy) is 1. The fourth-order valence-electron chi connectivity index (χ4n) is 1.71. The third kappa shape index (κ3) is 1.53. The summed E-state index contributed by atoms with van der Waals surface area (Å²) in [4.78, 5) is 0. The summed E-state index contributed by atoms with van der Waals surface area (Å²) in [5.74, 6) is 0.296. The Morgan fingerprint density at radius 3 is 3.15 bits per heavy atom. The lowest BCUT2D eigenvalue weighted by Gasteiger charge is -2.25. The Balaban J connectivity index is 2.41. The van der Waals surface area contributed by atoms with Crippen LogP contribution in [0.5, 0.6) is 5.75 Å². The minimum atomic E-state index is -0.0733. The Kier molecular flexibility index (Phi) is 2.20. The van der Waals surface area contributed by atoms with Crippen molar-refractivity contribution in [2.45, 2.75) is 12.6 Å². The highest BCUT2D eigenvalue weighted by Gasteiger charge is 2.18. The van der Waals surface area contributed by atoms with Crippen molar-refractivity contribution < 1.29 is 9.84 Å². The maximum atomic E-state index is 9.32. The van der Waals surface area contributed by atoms with Crippen molar-refractivity contribution in [2.75, 3.05) is 13.7 Å². The van der Waals surface area contributed by atoms with Gasteiger partial charge in [-0.25, -0.2) is 0 Å². The molecule has 1 aromatic carbocycles. The minimum absolute atomic E-state index is 0.0733. The number of fused-ring (bicyclic) bond motifs is 1. The predicted octanol–water partition coefficient (Wildman–Crippen LogP) is 1.18. The molecule has 0 spiro atoms. The van der Waals surface area contributed by atoms with Gasteiger partial charge in [-0.1, -0.05) is 6.07 Å². The molecule has 13 heavy (non-hydrogen) atoms. The van der Waals surface area contributed by atoms with Gasteiger partial charge in [0.05, 0.1) is 0 Å². The van der Waals surface area contributed by atoms with E-state index in [1.807, 2.05) is 6.07 Å². The van der Waals surface area contributed by atoms with E-state index in [4.69, 9.17) is 4.74 Å². The van der Waals surface area contributed by atoms with E-state index < -0.39 is 0 Å². The van der Waals surface area contributed by atoms with Crippen LogP contribution in [0.1, 0.15) is 17.4 Å². The molecular weight excluding hydrogens is 166 g/mol. The van der Waals surface area contributed by atoms with Gasteiger partial charge in [0.1, 0.15) is 12.0 Å². The molecule has 3 nitrogen and oxygen atoms in total. The van der Waals surface area contributed by atoms with Crippen molar-refractivity contribution >= 4 is 0 Å². The van der Waals surface area contributed by atoms with Crippen molar-refractivity contribution in [3.05, 3.63) is 29.3 Å². The molecule has 1 aromatic rings. The third-order valence-electron chi connectivity index (χ3n) is 2.37. The first-order valence-electron chi connectivity index (χ1n) is 4.39. The molecule has 70 valence electrons. The molecule has 0 fully saturated rings. The molecular formula is C10H13NO2. The summed E-state index contributed by atoms with van der Waals surface area (Å²) in [6.07, 6.45) is 0.922. The molecule has 1 aliphatic rings. The lowest BCUT2D eigenvalue weighted by Crippen LogP contribution is -2.30. The van der Waals surface area contributed by atoms with Crippen LogP contribution in [0.25, 0.3) is 0 Å². The van der Waals surface area contributed by atoms with Crippen LogP contribution < -0.4 is 5.32 Å². The topological polar surface area (TPSA) is 41.5 Å². The number of hydrogen-bond acceptors (Lipinski definition) is 3. The van der Waals surface area contributed by atoms with Gasteiger partial charge in [-0.2, -0.15) is 0 Å². The predicted molar refractivity (Wildman–Crippen MR) is 49.6 cm³/mol. The zero-order chi connectivity index (χ0) is 9.26. The van der Waals surface area contributed by atoms with Crippen LogP contribution in [0.2, 0.25) is 0 Å². The standard InChI is InChI=1S/C10H13NO2/c1-13-10-9-6-8(12)3-2-7(9)4-5-11-10/h2-3,6,10-12H,4-5H2,1H3. The van der Waals surface area contributed by atoms with Crippen LogP contribution in [0.3, 0.4) is 0 Å². The van der Waals surface area contributed by atoms with E-state index in [1.165, 1.54) is 5.56 Å². The molecule has 2 N–H and O–H groups in total. The van der Waals surface area contributed by atoms with Crippen LogP contribution in [-0.4, -0.2) is 18.8 Å². The molecule has 0 aliphatic carbocycles. The molecule has 1 atom stereocenters. The second-order valence-electron chi connectivity index (χ2n) is 3.20. The molecule has 0 saturated carbocycles. The van der Waals surface area contributed by atoms with Crippen molar-refractivity contribution in [1.82, 2.24) is 5.32 Å². The molecule has 3 heteroatoms. The highest BCUT2D eigenvalue weighted by molar-refractivity contribution is 5.37. The summed E-state index contributed by atoms with van der Waals surface area (Å²) in [6, 6.07) is 5.43. The second kappa shape index (κ2) is 3.36. The molecule has 0 radical (unpaired) electrons. The summed E-state index contributed by atoms with van der Waals surface area (Å²) in [7, 11) is 1.66. The molecule has 0 saturated heterocycles. The first-order valence-corrected chi connectivity index (χ1v) is 4.39. The smallest absolute Gasteiger partial charge is 0.134 e. The number of aromatic hydroxyl groups is 1. The highest BCUT2D eigenvalue weighted by Crippen LogP contribution is 2.26. The number of nitrogens with one attached hydrogen (secondary N) is 1. The average Bonchev–Trinajstić information content (AvgIpc) is 2.17. The van der Waals surface area contributed by atoms with Crippen LogP contribution in [0.4, 0.5) is 0 Å². The van der Waals surface area contributed by atoms with Crippen molar-refractivity contribution in [3.8, 4) is 5.75 Å². The zero-order valence-corrected chi connectivity index (χ0v) is 7.58. The van der Waals surface area contributed by atoms with Gasteiger partial charge >= 0.3 is 0 Å². The third-order valence-corrected chi connectivity index (χ3v) is 2.37. The first kappa shape index (κ1) is 8.53. The van der Waals surface area contributed by atoms with E-state index in [2.05, 4.69) is 5.32 Å². The molecule has 0 aromatic heterocycles. The van der Waals surface area contributed by atoms with Crippen LogP contribution in [0.15, 0.2) is 18.2 Å². The number of phenols is 1. The van der Waals surface area contributed by atoms with Gasteiger partial charge in [0, 0.05) is 19.2 Å². The largest absolute Gasteiger partial charge is 0.508 e. The van der Waals surface area contributed by atoms with E-state index in [1.54, 1.807) is 19.2 Å². The lowest BCUT2D eigenvalue weighted by molar-refractivity contribution is 0.0683. The van der Waals surface area contributed by atoms with Gasteiger partial charge in [0.15, 0.2) is 0 Å². The van der Waals surface area contributed by atoms with E-state index in [9.17, 15) is 5.11 Å². The molecule has 1 unspecified atom stereocenters. The van der Waals surface area contributed by atoms with Crippen LogP contribution in [0, 0.1) is 0 Å². The van der Waals surface area contributed by atoms with E-state index in [0.717, 1.165) is 18.5 Å². The molecule has 0 amide bonds. The molecule has 1 heterocycles. The number of phenolic OH excluding ortho intramolecular Hbond substituents is 1. The Morgan fingerprint density at radius 1 is 1.54 bits per heavy atom. The van der Waals surface area contributed by atoms with Gasteiger partial charge < -0.3 is 9.84 Å². The number of hydrogen-bond donors (Lipinski definition) is 2. The van der Waals surface area contributed by atoms with E-state index in [-0.39, 0.29) is 6.23 Å². The summed E-state index contributed by atoms with van der Waals surface area (Å²) in [6.45, 7) is 0.927. The van der Waals surface area contributed by atoms with Gasteiger partial charge in [-0.3, -0.25) is 5.32 Å². The highest BCUT2D eigenvalue weighted by atomic mass is 16.5. The van der Waals surface area contributed by atoms with Crippen LogP contribution in [-0.2, 0) is 11.2 Å². The van der Waals surface area contributed by atoms with Gasteiger partial charge in [0.25, 0.3) is 0 Å². The first-order chi connectivity index (χ1) is 6.31. The van der Waals surface area contributed by atoms with E-state index >= 15 is 0 Å². The fraction of sp³-hybridized carbons (Fsp3) is 0.400. The average molecular weight is 179 g/mol. The quantitative estimate of drug-likeness (QED) is 0.680. The Hall–Kier alpha value is -1.06. The lowest BCUT2D eigenvalue weighted by atomic mass is 9.99. The number of methoxy groups -OCH3 is 1. The fourth-order valence-corrected chi connectivity index (χ4v) is 1.71. The van der Waals surface area contributed by atoms with Crippen LogP contribution >= 0.6 is 0 Å². The second-order valence-corrected chi connectivity index (χ2v) is 3.20. The summed E-state index contributed by atoms with van der Waals surface area (Å²) in [5, 5.41) is 12.5. The molecule has 1 aliphatic heterocycles. The van der Waals surface area contributed by atoms with Crippen molar-refractivity contribution in [3.63, 3.8) is 0 Å². The summed E-state index contributed by atoms with van der Waals surface area (Å²) >= 11 is 0. The van der Waals surface area contributed by atoms with Gasteiger partial charge in [-0.05, 0) is 24.1 Å². The Bertz CT molecular complexity index is 312. The number of benzene rings is 1. The van der Waals surface area contributed by atoms with Gasteiger partial charge in [0.2, 0.25) is 0 Å². The Morgan fingerprint density at radius 2 is 2.38 bits per heavy atom. The maximum absolute atomic E-state index is 9.32. The number of rotatable bonds is 1. The maximum Gasteiger partial charge on any atom is 0.134 e.